The highest BCUT2D eigenvalue weighted by Crippen LogP contribution is 2.26. The number of nitrogens with zero attached hydrogens (tertiary/aromatic N) is 2. The molecule has 1 amide bonds. The number of likely N-dealkylation sites (N-methyl/N-ethyl adjacent to an activating group) is 1. The van der Waals surface area contributed by atoms with Crippen molar-refractivity contribution in [2.24, 2.45) is 7.05 Å². The minimum absolute atomic E-state index is 0.130. The van der Waals surface area contributed by atoms with E-state index in [4.69, 9.17) is 23.2 Å². The number of amides is 1. The van der Waals surface area contributed by atoms with Gasteiger partial charge in [0.25, 0.3) is 0 Å². The summed E-state index contributed by atoms with van der Waals surface area (Å²) in [5, 5.41) is 11.0. The second-order valence-electron chi connectivity index (χ2n) is 5.07. The molecular formula is C15H18Cl2N4O. The van der Waals surface area contributed by atoms with E-state index >= 15 is 0 Å². The Balaban J connectivity index is 2.10. The van der Waals surface area contributed by atoms with Crippen LogP contribution in [0.15, 0.2) is 30.6 Å². The van der Waals surface area contributed by atoms with Crippen molar-refractivity contribution in [3.05, 3.63) is 51.8 Å². The van der Waals surface area contributed by atoms with Gasteiger partial charge in [0.2, 0.25) is 5.91 Å². The molecule has 0 aliphatic heterocycles. The van der Waals surface area contributed by atoms with Gasteiger partial charge in [-0.15, -0.1) is 0 Å². The van der Waals surface area contributed by atoms with Crippen LogP contribution in [0, 0.1) is 0 Å². The third-order valence-electron chi connectivity index (χ3n) is 3.41. The zero-order chi connectivity index (χ0) is 16.3. The standard InChI is InChI=1S/C15H18Cl2N4O/c1-9(10-4-5-12(16)13(17)6-10)20-15(22)14(18-2)11-7-19-21(3)8-11/h4-9,14,18H,1-3H3,(H,20,22). The highest BCUT2D eigenvalue weighted by atomic mass is 35.5. The number of aryl methyl sites for hydroxylation is 1. The van der Waals surface area contributed by atoms with Gasteiger partial charge < -0.3 is 10.6 Å². The Morgan fingerprint density at radius 2 is 2.00 bits per heavy atom. The predicted molar refractivity (Wildman–Crippen MR) is 88.0 cm³/mol. The van der Waals surface area contributed by atoms with Gasteiger partial charge in [-0.2, -0.15) is 5.10 Å². The summed E-state index contributed by atoms with van der Waals surface area (Å²) >= 11 is 11.9. The summed E-state index contributed by atoms with van der Waals surface area (Å²) in [5.74, 6) is -0.130. The molecule has 2 unspecified atom stereocenters. The number of hydrogen-bond acceptors (Lipinski definition) is 3. The lowest BCUT2D eigenvalue weighted by atomic mass is 10.1. The van der Waals surface area contributed by atoms with Gasteiger partial charge in [-0.05, 0) is 31.7 Å². The van der Waals surface area contributed by atoms with E-state index in [0.29, 0.717) is 10.0 Å². The van der Waals surface area contributed by atoms with Crippen LogP contribution in [0.3, 0.4) is 0 Å². The minimum atomic E-state index is -0.459. The van der Waals surface area contributed by atoms with E-state index < -0.39 is 6.04 Å². The van der Waals surface area contributed by atoms with E-state index in [2.05, 4.69) is 15.7 Å². The summed E-state index contributed by atoms with van der Waals surface area (Å²) in [7, 11) is 3.55. The Hall–Kier alpha value is -1.56. The number of nitrogens with one attached hydrogen (secondary N) is 2. The Morgan fingerprint density at radius 1 is 1.27 bits per heavy atom. The lowest BCUT2D eigenvalue weighted by Gasteiger charge is -2.19. The summed E-state index contributed by atoms with van der Waals surface area (Å²) in [6, 6.07) is 4.68. The number of halogens is 2. The van der Waals surface area contributed by atoms with Crippen molar-refractivity contribution in [1.82, 2.24) is 20.4 Å². The topological polar surface area (TPSA) is 59.0 Å². The summed E-state index contributed by atoms with van der Waals surface area (Å²) in [4.78, 5) is 12.4. The maximum atomic E-state index is 12.4. The zero-order valence-electron chi connectivity index (χ0n) is 12.6. The normalized spacial score (nSPS) is 13.7. The third kappa shape index (κ3) is 3.80. The number of aromatic nitrogens is 2. The second-order valence-corrected chi connectivity index (χ2v) is 5.89. The fourth-order valence-corrected chi connectivity index (χ4v) is 2.51. The van der Waals surface area contributed by atoms with Crippen LogP contribution in [-0.4, -0.2) is 22.7 Å². The summed E-state index contributed by atoms with van der Waals surface area (Å²) in [6.07, 6.45) is 3.48. The molecule has 0 saturated carbocycles. The van der Waals surface area contributed by atoms with Crippen LogP contribution in [0.25, 0.3) is 0 Å². The van der Waals surface area contributed by atoms with Gasteiger partial charge in [-0.1, -0.05) is 29.3 Å². The molecule has 118 valence electrons. The molecular weight excluding hydrogens is 323 g/mol. The molecule has 0 spiro atoms. The van der Waals surface area contributed by atoms with E-state index in [1.807, 2.05) is 26.2 Å². The van der Waals surface area contributed by atoms with Crippen LogP contribution in [0.1, 0.15) is 30.1 Å². The Bertz CT molecular complexity index is 671. The van der Waals surface area contributed by atoms with Crippen molar-refractivity contribution in [3.8, 4) is 0 Å². The van der Waals surface area contributed by atoms with Crippen LogP contribution in [0.4, 0.5) is 0 Å². The van der Waals surface area contributed by atoms with Gasteiger partial charge in [-0.25, -0.2) is 0 Å². The molecule has 2 N–H and O–H groups in total. The first kappa shape index (κ1) is 16.8. The fourth-order valence-electron chi connectivity index (χ4n) is 2.20. The van der Waals surface area contributed by atoms with Crippen LogP contribution in [0.5, 0.6) is 0 Å². The maximum absolute atomic E-state index is 12.4. The maximum Gasteiger partial charge on any atom is 0.242 e. The largest absolute Gasteiger partial charge is 0.348 e. The molecule has 1 aromatic heterocycles. The first-order valence-corrected chi connectivity index (χ1v) is 7.59. The molecule has 1 aromatic carbocycles. The highest BCUT2D eigenvalue weighted by Gasteiger charge is 2.22. The first-order chi connectivity index (χ1) is 10.4. The molecule has 0 radical (unpaired) electrons. The monoisotopic (exact) mass is 340 g/mol. The van der Waals surface area contributed by atoms with Gasteiger partial charge in [0.1, 0.15) is 6.04 Å². The fraction of sp³-hybridized carbons (Fsp3) is 0.333. The second kappa shape index (κ2) is 7.13. The molecule has 22 heavy (non-hydrogen) atoms. The summed E-state index contributed by atoms with van der Waals surface area (Å²) < 4.78 is 1.66. The van der Waals surface area contributed by atoms with Crippen molar-refractivity contribution in [3.63, 3.8) is 0 Å². The van der Waals surface area contributed by atoms with Gasteiger partial charge in [-0.3, -0.25) is 9.48 Å². The number of benzene rings is 1. The van der Waals surface area contributed by atoms with E-state index in [1.54, 1.807) is 30.1 Å². The van der Waals surface area contributed by atoms with E-state index in [0.717, 1.165) is 11.1 Å². The summed E-state index contributed by atoms with van der Waals surface area (Å²) in [5.41, 5.74) is 1.70. The van der Waals surface area contributed by atoms with Crippen LogP contribution >= 0.6 is 23.2 Å². The minimum Gasteiger partial charge on any atom is -0.348 e. The Morgan fingerprint density at radius 3 is 2.55 bits per heavy atom. The molecule has 2 rings (SSSR count). The number of hydrogen-bond donors (Lipinski definition) is 2. The molecule has 5 nitrogen and oxygen atoms in total. The summed E-state index contributed by atoms with van der Waals surface area (Å²) in [6.45, 7) is 1.90. The van der Waals surface area contributed by atoms with Crippen molar-refractivity contribution < 1.29 is 4.79 Å². The average molecular weight is 341 g/mol. The molecule has 1 heterocycles. The lowest BCUT2D eigenvalue weighted by molar-refractivity contribution is -0.123. The zero-order valence-corrected chi connectivity index (χ0v) is 14.1. The quantitative estimate of drug-likeness (QED) is 0.879. The average Bonchev–Trinajstić information content (AvgIpc) is 2.89. The van der Waals surface area contributed by atoms with Crippen molar-refractivity contribution >= 4 is 29.1 Å². The van der Waals surface area contributed by atoms with E-state index in [1.165, 1.54) is 0 Å². The molecule has 0 bridgehead atoms. The Labute approximate surface area is 139 Å². The van der Waals surface area contributed by atoms with Gasteiger partial charge in [0.05, 0.1) is 22.3 Å². The van der Waals surface area contributed by atoms with Crippen molar-refractivity contribution in [2.45, 2.75) is 19.0 Å². The van der Waals surface area contributed by atoms with Crippen LogP contribution < -0.4 is 10.6 Å². The molecule has 0 aliphatic carbocycles. The predicted octanol–water partition coefficient (Wildman–Crippen LogP) is 2.86. The number of carbonyl (C=O) groups excluding carboxylic acids is 1. The van der Waals surface area contributed by atoms with Gasteiger partial charge in [0.15, 0.2) is 0 Å². The third-order valence-corrected chi connectivity index (χ3v) is 4.15. The highest BCUT2D eigenvalue weighted by molar-refractivity contribution is 6.42. The van der Waals surface area contributed by atoms with Crippen LogP contribution in [-0.2, 0) is 11.8 Å². The molecule has 0 aliphatic rings. The van der Waals surface area contributed by atoms with Gasteiger partial charge in [0, 0.05) is 18.8 Å². The SMILES string of the molecule is CNC(C(=O)NC(C)c1ccc(Cl)c(Cl)c1)c1cnn(C)c1. The van der Waals surface area contributed by atoms with Crippen molar-refractivity contribution in [1.29, 1.82) is 0 Å². The Kier molecular flexibility index (Phi) is 5.45. The lowest BCUT2D eigenvalue weighted by Crippen LogP contribution is -2.37. The number of rotatable bonds is 5. The molecule has 2 aromatic rings. The number of carbonyl (C=O) groups is 1. The first-order valence-electron chi connectivity index (χ1n) is 6.83. The smallest absolute Gasteiger partial charge is 0.242 e. The molecule has 7 heteroatoms. The van der Waals surface area contributed by atoms with E-state index in [-0.39, 0.29) is 11.9 Å². The molecule has 0 fully saturated rings. The van der Waals surface area contributed by atoms with Crippen molar-refractivity contribution in [2.75, 3.05) is 7.05 Å². The van der Waals surface area contributed by atoms with E-state index in [9.17, 15) is 4.79 Å². The molecule has 2 atom stereocenters. The van der Waals surface area contributed by atoms with Crippen LogP contribution in [0.2, 0.25) is 10.0 Å². The van der Waals surface area contributed by atoms with Gasteiger partial charge >= 0.3 is 0 Å². The molecule has 0 saturated heterocycles.